The second-order valence-corrected chi connectivity index (χ2v) is 13.7. The summed E-state index contributed by atoms with van der Waals surface area (Å²) >= 11 is 0. The number of rotatable bonds is 8. The van der Waals surface area contributed by atoms with Gasteiger partial charge in [-0.15, -0.1) is 5.54 Å². The Balaban J connectivity index is 1.97. The van der Waals surface area contributed by atoms with Crippen molar-refractivity contribution in [2.24, 2.45) is 5.73 Å². The highest BCUT2D eigenvalue weighted by Crippen LogP contribution is 2.27. The number of hydrogen-bond donors (Lipinski definition) is 1. The summed E-state index contributed by atoms with van der Waals surface area (Å²) in [4.78, 5) is 6.99. The molecular formula is C27H33N3O2Si. The zero-order valence-electron chi connectivity index (χ0n) is 20.1. The summed E-state index contributed by atoms with van der Waals surface area (Å²) in [5.41, 5.74) is 13.2. The molecule has 2 aromatic carbocycles. The van der Waals surface area contributed by atoms with Gasteiger partial charge in [0.1, 0.15) is 25.4 Å². The van der Waals surface area contributed by atoms with Gasteiger partial charge in [-0.1, -0.05) is 55.9 Å². The second-order valence-electron chi connectivity index (χ2n) is 8.97. The molecule has 0 fully saturated rings. The summed E-state index contributed by atoms with van der Waals surface area (Å²) in [6, 6.07) is 19.8. The van der Waals surface area contributed by atoms with Gasteiger partial charge in [-0.05, 0) is 41.5 Å². The Labute approximate surface area is 198 Å². The highest BCUT2D eigenvalue weighted by atomic mass is 28.3. The lowest BCUT2D eigenvalue weighted by atomic mass is 10.1. The third-order valence-corrected chi connectivity index (χ3v) is 6.01. The van der Waals surface area contributed by atoms with Crippen molar-refractivity contribution in [3.8, 4) is 23.0 Å². The van der Waals surface area contributed by atoms with Crippen molar-refractivity contribution in [3.05, 3.63) is 83.6 Å². The smallest absolute Gasteiger partial charge is 0.134 e. The van der Waals surface area contributed by atoms with E-state index in [1.807, 2.05) is 42.6 Å². The average Bonchev–Trinajstić information content (AvgIpc) is 2.82. The van der Waals surface area contributed by atoms with Gasteiger partial charge < -0.3 is 20.1 Å². The van der Waals surface area contributed by atoms with E-state index in [4.69, 9.17) is 20.2 Å². The minimum Gasteiger partial charge on any atom is -0.497 e. The highest BCUT2D eigenvalue weighted by Gasteiger charge is 2.18. The van der Waals surface area contributed by atoms with Gasteiger partial charge in [0.2, 0.25) is 0 Å². The van der Waals surface area contributed by atoms with Crippen LogP contribution < -0.4 is 20.1 Å². The van der Waals surface area contributed by atoms with E-state index < -0.39 is 14.1 Å². The van der Waals surface area contributed by atoms with E-state index in [2.05, 4.69) is 60.3 Å². The van der Waals surface area contributed by atoms with Gasteiger partial charge in [0, 0.05) is 24.8 Å². The van der Waals surface area contributed by atoms with Gasteiger partial charge >= 0.3 is 0 Å². The van der Waals surface area contributed by atoms with E-state index in [9.17, 15) is 0 Å². The Bertz CT molecular complexity index is 1050. The minimum absolute atomic E-state index is 0.394. The van der Waals surface area contributed by atoms with E-state index >= 15 is 0 Å². The SMILES string of the molecule is COc1ccc(CN(Cc2ccc(OC)cc2)c2ncccc2[C@H](N)C#C[Si](C)(C)C)cc1. The number of methoxy groups -OCH3 is 2. The van der Waals surface area contributed by atoms with E-state index in [1.54, 1.807) is 14.2 Å². The van der Waals surface area contributed by atoms with Crippen LogP contribution in [0, 0.1) is 11.5 Å². The monoisotopic (exact) mass is 459 g/mol. The van der Waals surface area contributed by atoms with Crippen LogP contribution in [0.15, 0.2) is 66.9 Å². The normalized spacial score (nSPS) is 11.8. The largest absolute Gasteiger partial charge is 0.497 e. The first-order chi connectivity index (χ1) is 15.8. The molecule has 1 aromatic heterocycles. The zero-order chi connectivity index (χ0) is 23.8. The van der Waals surface area contributed by atoms with Gasteiger partial charge in [-0.3, -0.25) is 0 Å². The summed E-state index contributed by atoms with van der Waals surface area (Å²) in [6.45, 7) is 8.01. The fourth-order valence-electron chi connectivity index (χ4n) is 3.40. The molecule has 5 nitrogen and oxygen atoms in total. The lowest BCUT2D eigenvalue weighted by molar-refractivity contribution is 0.414. The number of anilines is 1. The molecule has 2 N–H and O–H groups in total. The van der Waals surface area contributed by atoms with Crippen LogP contribution in [0.25, 0.3) is 0 Å². The maximum atomic E-state index is 6.55. The van der Waals surface area contributed by atoms with Crippen molar-refractivity contribution >= 4 is 13.9 Å². The molecule has 0 spiro atoms. The van der Waals surface area contributed by atoms with Crippen molar-refractivity contribution in [3.63, 3.8) is 0 Å². The predicted octanol–water partition coefficient (Wildman–Crippen LogP) is 5.19. The van der Waals surface area contributed by atoms with E-state index in [0.717, 1.165) is 34.0 Å². The number of pyridine rings is 1. The first-order valence-corrected chi connectivity index (χ1v) is 14.5. The molecule has 6 heteroatoms. The highest BCUT2D eigenvalue weighted by molar-refractivity contribution is 6.83. The number of nitrogens with two attached hydrogens (primary N) is 1. The first-order valence-electron chi connectivity index (χ1n) is 11.0. The predicted molar refractivity (Wildman–Crippen MR) is 138 cm³/mol. The summed E-state index contributed by atoms with van der Waals surface area (Å²) in [5.74, 6) is 5.80. The fraction of sp³-hybridized carbons (Fsp3) is 0.296. The third kappa shape index (κ3) is 7.11. The third-order valence-electron chi connectivity index (χ3n) is 5.12. The van der Waals surface area contributed by atoms with Crippen LogP contribution in [0.1, 0.15) is 22.7 Å². The molecule has 0 aliphatic heterocycles. The standard InChI is InChI=1S/C27H33N3O2Si/c1-31-23-12-8-21(9-13-23)19-30(20-22-10-14-24(32-2)15-11-22)27-25(7-6-17-29-27)26(28)16-18-33(3,4)5/h6-15,17,26H,19-20,28H2,1-5H3/t26-/m1/s1. The van der Waals surface area contributed by atoms with Crippen molar-refractivity contribution in [1.82, 2.24) is 4.98 Å². The lowest BCUT2D eigenvalue weighted by Crippen LogP contribution is -2.26. The zero-order valence-corrected chi connectivity index (χ0v) is 21.1. The molecule has 0 radical (unpaired) electrons. The van der Waals surface area contributed by atoms with Gasteiger partial charge in [-0.2, -0.15) is 0 Å². The summed E-state index contributed by atoms with van der Waals surface area (Å²) < 4.78 is 10.6. The van der Waals surface area contributed by atoms with Crippen LogP contribution in [0.5, 0.6) is 11.5 Å². The van der Waals surface area contributed by atoms with Crippen LogP contribution in [0.4, 0.5) is 5.82 Å². The fourth-order valence-corrected chi connectivity index (χ4v) is 3.99. The Morgan fingerprint density at radius 2 is 1.39 bits per heavy atom. The number of aromatic nitrogens is 1. The molecule has 1 heterocycles. The number of benzene rings is 2. The second kappa shape index (κ2) is 11.0. The molecule has 0 aliphatic carbocycles. The molecule has 1 atom stereocenters. The van der Waals surface area contributed by atoms with E-state index in [1.165, 1.54) is 0 Å². The van der Waals surface area contributed by atoms with E-state index in [-0.39, 0.29) is 0 Å². The lowest BCUT2D eigenvalue weighted by Gasteiger charge is -2.27. The Morgan fingerprint density at radius 3 is 1.85 bits per heavy atom. The summed E-state index contributed by atoms with van der Waals surface area (Å²) in [5, 5.41) is 0. The molecule has 172 valence electrons. The van der Waals surface area contributed by atoms with Gasteiger partial charge in [0.25, 0.3) is 0 Å². The Hall–Kier alpha value is -3.27. The number of ether oxygens (including phenoxy) is 2. The van der Waals surface area contributed by atoms with Gasteiger partial charge in [0.15, 0.2) is 0 Å². The number of nitrogens with zero attached hydrogens (tertiary/aromatic N) is 2. The van der Waals surface area contributed by atoms with Crippen LogP contribution in [-0.4, -0.2) is 27.3 Å². The first kappa shape index (κ1) is 24.4. The summed E-state index contributed by atoms with van der Waals surface area (Å²) in [6.07, 6.45) is 1.81. The van der Waals surface area contributed by atoms with Gasteiger partial charge in [0.05, 0.1) is 20.3 Å². The molecule has 3 aromatic rings. The Morgan fingerprint density at radius 1 is 0.879 bits per heavy atom. The number of hydrogen-bond acceptors (Lipinski definition) is 5. The molecule has 0 amide bonds. The molecule has 0 aliphatic rings. The van der Waals surface area contributed by atoms with Crippen molar-refractivity contribution in [2.45, 2.75) is 38.8 Å². The van der Waals surface area contributed by atoms with Crippen LogP contribution in [0.3, 0.4) is 0 Å². The average molecular weight is 460 g/mol. The van der Waals surface area contributed by atoms with Crippen molar-refractivity contribution in [2.75, 3.05) is 19.1 Å². The van der Waals surface area contributed by atoms with Crippen LogP contribution in [-0.2, 0) is 13.1 Å². The molecule has 0 saturated heterocycles. The van der Waals surface area contributed by atoms with Crippen LogP contribution >= 0.6 is 0 Å². The maximum Gasteiger partial charge on any atom is 0.134 e. The molecule has 0 bridgehead atoms. The molecule has 0 saturated carbocycles. The maximum absolute atomic E-state index is 6.55. The minimum atomic E-state index is -1.54. The van der Waals surface area contributed by atoms with Crippen molar-refractivity contribution < 1.29 is 9.47 Å². The topological polar surface area (TPSA) is 60.6 Å². The quantitative estimate of drug-likeness (QED) is 0.371. The molecule has 33 heavy (non-hydrogen) atoms. The molecular weight excluding hydrogens is 426 g/mol. The van der Waals surface area contributed by atoms with E-state index in [0.29, 0.717) is 13.1 Å². The molecule has 0 unspecified atom stereocenters. The van der Waals surface area contributed by atoms with Crippen LogP contribution in [0.2, 0.25) is 19.6 Å². The van der Waals surface area contributed by atoms with Gasteiger partial charge in [-0.25, -0.2) is 4.98 Å². The molecule has 3 rings (SSSR count). The Kier molecular flexibility index (Phi) is 8.15. The van der Waals surface area contributed by atoms with Crippen molar-refractivity contribution in [1.29, 1.82) is 0 Å². The summed E-state index contributed by atoms with van der Waals surface area (Å²) in [7, 11) is 1.81.